The molecule has 2 N–H and O–H groups in total. The highest BCUT2D eigenvalue weighted by molar-refractivity contribution is 9.10. The molecule has 44 heavy (non-hydrogen) atoms. The molecule has 2 aromatic rings. The van der Waals surface area contributed by atoms with Crippen LogP contribution in [0.1, 0.15) is 59.2 Å². The Morgan fingerprint density at radius 2 is 2.00 bits per heavy atom. The number of amides is 2. The van der Waals surface area contributed by atoms with Crippen molar-refractivity contribution in [1.29, 1.82) is 0 Å². The van der Waals surface area contributed by atoms with Crippen molar-refractivity contribution in [3.05, 3.63) is 52.8 Å². The molecule has 3 rings (SSSR count). The number of rotatable bonds is 16. The summed E-state index contributed by atoms with van der Waals surface area (Å²) in [5.41, 5.74) is 0.220. The Morgan fingerprint density at radius 1 is 1.27 bits per heavy atom. The van der Waals surface area contributed by atoms with Gasteiger partial charge < -0.3 is 29.5 Å². The monoisotopic (exact) mass is 677 g/mol. The molecule has 1 aliphatic heterocycles. The molecule has 2 amide bonds. The first-order valence-electron chi connectivity index (χ1n) is 14.8. The molecule has 0 radical (unpaired) electrons. The SMILES string of the molecule is CCOC(=O)CCCNC(=O)C(c1cn(-c2ccccc2Br)nn1)N(CC(OCCO)C(C)(C)C)C(=O)/C=C/C1(C)COC1. The van der Waals surface area contributed by atoms with Gasteiger partial charge in [0.25, 0.3) is 0 Å². The Bertz CT molecular complexity index is 1290. The summed E-state index contributed by atoms with van der Waals surface area (Å²) in [6.45, 7) is 11.0. The van der Waals surface area contributed by atoms with Crippen molar-refractivity contribution in [3.63, 3.8) is 0 Å². The van der Waals surface area contributed by atoms with Gasteiger partial charge in [-0.05, 0) is 52.9 Å². The number of aromatic nitrogens is 3. The normalized spacial score (nSPS) is 15.8. The average Bonchev–Trinajstić information content (AvgIpc) is 3.43. The average molecular weight is 679 g/mol. The fourth-order valence-corrected chi connectivity index (χ4v) is 4.99. The number of halogens is 1. The molecule has 0 saturated carbocycles. The van der Waals surface area contributed by atoms with Crippen molar-refractivity contribution in [2.24, 2.45) is 10.8 Å². The number of carbonyl (C=O) groups is 3. The predicted octanol–water partition coefficient (Wildman–Crippen LogP) is 3.38. The number of benzene rings is 1. The molecule has 1 aromatic carbocycles. The zero-order chi connectivity index (χ0) is 32.3. The third kappa shape index (κ3) is 9.94. The fourth-order valence-electron chi connectivity index (χ4n) is 4.53. The molecule has 242 valence electrons. The lowest BCUT2D eigenvalue weighted by Gasteiger charge is -2.38. The number of ether oxygens (including phenoxy) is 3. The molecule has 1 fully saturated rings. The Balaban J connectivity index is 2.01. The number of nitrogens with one attached hydrogen (secondary N) is 1. The van der Waals surface area contributed by atoms with Crippen LogP contribution in [0.4, 0.5) is 0 Å². The molecule has 2 atom stereocenters. The van der Waals surface area contributed by atoms with Gasteiger partial charge in [0, 0.05) is 29.4 Å². The first-order chi connectivity index (χ1) is 20.9. The standard InChI is InChI=1S/C31H44BrN5O7/c1-6-43-27(40)12-9-15-33-29(41)28(23-18-37(35-34-23)24-11-8-7-10-22(24)32)36(19-25(30(2,3)4)44-17-16-38)26(39)13-14-31(5)20-42-21-31/h7-8,10-11,13-14,18,25,28,38H,6,9,12,15-17,19-21H2,1-5H3,(H,33,41)/b14-13+. The summed E-state index contributed by atoms with van der Waals surface area (Å²) in [6.07, 6.45) is 4.86. The van der Waals surface area contributed by atoms with Crippen LogP contribution in [0, 0.1) is 10.8 Å². The summed E-state index contributed by atoms with van der Waals surface area (Å²) >= 11 is 3.53. The number of hydrogen-bond acceptors (Lipinski definition) is 9. The molecular formula is C31H44BrN5O7. The van der Waals surface area contributed by atoms with Crippen molar-refractivity contribution in [2.45, 2.75) is 59.6 Å². The summed E-state index contributed by atoms with van der Waals surface area (Å²) in [6, 6.07) is 6.25. The van der Waals surface area contributed by atoms with E-state index in [4.69, 9.17) is 14.2 Å². The number of hydrogen-bond donors (Lipinski definition) is 2. The largest absolute Gasteiger partial charge is 0.466 e. The second kappa shape index (κ2) is 16.3. The van der Waals surface area contributed by atoms with Gasteiger partial charge in [-0.1, -0.05) is 51.1 Å². The molecule has 13 heteroatoms. The maximum atomic E-state index is 14.0. The fraction of sp³-hybridized carbons (Fsp3) is 0.581. The van der Waals surface area contributed by atoms with E-state index in [1.807, 2.05) is 52.0 Å². The van der Waals surface area contributed by atoms with Crippen LogP contribution in [-0.2, 0) is 28.6 Å². The van der Waals surface area contributed by atoms with Gasteiger partial charge in [-0.15, -0.1) is 5.10 Å². The molecule has 0 aliphatic carbocycles. The molecule has 2 heterocycles. The number of aliphatic hydroxyl groups excluding tert-OH is 1. The molecule has 0 spiro atoms. The first kappa shape index (κ1) is 35.4. The van der Waals surface area contributed by atoms with E-state index in [0.717, 1.165) is 4.47 Å². The first-order valence-corrected chi connectivity index (χ1v) is 15.6. The molecular weight excluding hydrogens is 634 g/mol. The van der Waals surface area contributed by atoms with Crippen LogP contribution in [-0.4, -0.2) is 95.0 Å². The van der Waals surface area contributed by atoms with Crippen molar-refractivity contribution in [2.75, 3.05) is 46.1 Å². The van der Waals surface area contributed by atoms with Gasteiger partial charge in [-0.2, -0.15) is 0 Å². The lowest BCUT2D eigenvalue weighted by atomic mass is 9.87. The van der Waals surface area contributed by atoms with Crippen molar-refractivity contribution >= 4 is 33.7 Å². The van der Waals surface area contributed by atoms with Gasteiger partial charge in [0.2, 0.25) is 11.8 Å². The second-order valence-corrected chi connectivity index (χ2v) is 12.9. The van der Waals surface area contributed by atoms with Gasteiger partial charge in [-0.3, -0.25) is 14.4 Å². The van der Waals surface area contributed by atoms with E-state index in [9.17, 15) is 19.5 Å². The third-order valence-electron chi connectivity index (χ3n) is 7.13. The molecule has 12 nitrogen and oxygen atoms in total. The van der Waals surface area contributed by atoms with Crippen LogP contribution in [0.15, 0.2) is 47.1 Å². The highest BCUT2D eigenvalue weighted by Crippen LogP contribution is 2.31. The van der Waals surface area contributed by atoms with E-state index in [1.165, 1.54) is 15.7 Å². The lowest BCUT2D eigenvalue weighted by molar-refractivity contribution is -0.143. The summed E-state index contributed by atoms with van der Waals surface area (Å²) < 4.78 is 18.6. The number of aliphatic hydroxyl groups is 1. The van der Waals surface area contributed by atoms with Crippen LogP contribution in [0.5, 0.6) is 0 Å². The summed E-state index contributed by atoms with van der Waals surface area (Å²) in [4.78, 5) is 41.2. The minimum Gasteiger partial charge on any atom is -0.466 e. The maximum Gasteiger partial charge on any atom is 0.305 e. The zero-order valence-electron chi connectivity index (χ0n) is 26.1. The summed E-state index contributed by atoms with van der Waals surface area (Å²) in [5.74, 6) is -1.25. The maximum absolute atomic E-state index is 14.0. The number of para-hydroxylation sites is 1. The Kier molecular flexibility index (Phi) is 13.1. The Labute approximate surface area is 267 Å². The van der Waals surface area contributed by atoms with Crippen LogP contribution in [0.3, 0.4) is 0 Å². The number of esters is 1. The topological polar surface area (TPSA) is 145 Å². The van der Waals surface area contributed by atoms with Crippen LogP contribution in [0.2, 0.25) is 0 Å². The van der Waals surface area contributed by atoms with E-state index < -0.39 is 29.4 Å². The van der Waals surface area contributed by atoms with Gasteiger partial charge >= 0.3 is 5.97 Å². The van der Waals surface area contributed by atoms with Crippen LogP contribution < -0.4 is 5.32 Å². The predicted molar refractivity (Wildman–Crippen MR) is 167 cm³/mol. The number of carbonyl (C=O) groups excluding carboxylic acids is 3. The Morgan fingerprint density at radius 3 is 2.61 bits per heavy atom. The molecule has 1 aliphatic rings. The molecule has 1 saturated heterocycles. The molecule has 2 unspecified atom stereocenters. The van der Waals surface area contributed by atoms with E-state index >= 15 is 0 Å². The van der Waals surface area contributed by atoms with E-state index in [-0.39, 0.29) is 56.4 Å². The van der Waals surface area contributed by atoms with Crippen LogP contribution >= 0.6 is 15.9 Å². The minimum absolute atomic E-state index is 0.0304. The van der Waals surface area contributed by atoms with Gasteiger partial charge in [-0.25, -0.2) is 4.68 Å². The van der Waals surface area contributed by atoms with Crippen molar-refractivity contribution in [1.82, 2.24) is 25.2 Å². The molecule has 0 bridgehead atoms. The Hall–Kier alpha value is -3.13. The van der Waals surface area contributed by atoms with Crippen molar-refractivity contribution in [3.8, 4) is 5.69 Å². The molecule has 1 aromatic heterocycles. The van der Waals surface area contributed by atoms with Crippen LogP contribution in [0.25, 0.3) is 5.69 Å². The van der Waals surface area contributed by atoms with Gasteiger partial charge in [0.1, 0.15) is 5.69 Å². The quantitative estimate of drug-likeness (QED) is 0.155. The van der Waals surface area contributed by atoms with Gasteiger partial charge in [0.05, 0.1) is 51.0 Å². The van der Waals surface area contributed by atoms with Crippen molar-refractivity contribution < 1.29 is 33.7 Å². The summed E-state index contributed by atoms with van der Waals surface area (Å²) in [7, 11) is 0. The van der Waals surface area contributed by atoms with Gasteiger partial charge in [0.15, 0.2) is 6.04 Å². The van der Waals surface area contributed by atoms with E-state index in [0.29, 0.717) is 25.3 Å². The highest BCUT2D eigenvalue weighted by Gasteiger charge is 2.38. The zero-order valence-corrected chi connectivity index (χ0v) is 27.7. The smallest absolute Gasteiger partial charge is 0.305 e. The minimum atomic E-state index is -1.18. The third-order valence-corrected chi connectivity index (χ3v) is 7.80. The second-order valence-electron chi connectivity index (χ2n) is 12.1. The number of nitrogens with zero attached hydrogens (tertiary/aromatic N) is 4. The lowest BCUT2D eigenvalue weighted by Crippen LogP contribution is -2.50. The summed E-state index contributed by atoms with van der Waals surface area (Å²) in [5, 5.41) is 21.0. The van der Waals surface area contributed by atoms with E-state index in [1.54, 1.807) is 19.2 Å². The highest BCUT2D eigenvalue weighted by atomic mass is 79.9. The van der Waals surface area contributed by atoms with E-state index in [2.05, 4.69) is 31.6 Å².